The number of imidazole rings is 1. The molecule has 1 aromatic heterocycles. The third-order valence-electron chi connectivity index (χ3n) is 6.59. The number of hydrogen-bond acceptors (Lipinski definition) is 6. The molecule has 0 amide bonds. The summed E-state index contributed by atoms with van der Waals surface area (Å²) in [6, 6.07) is 18.6. The van der Waals surface area contributed by atoms with E-state index in [4.69, 9.17) is 19.6 Å². The number of nitriles is 1. The van der Waals surface area contributed by atoms with Gasteiger partial charge in [-0.3, -0.25) is 4.52 Å². The number of aliphatic hydroxyl groups is 1. The van der Waals surface area contributed by atoms with Crippen molar-refractivity contribution in [1.82, 2.24) is 14.9 Å². The summed E-state index contributed by atoms with van der Waals surface area (Å²) < 4.78 is 17.6. The molecule has 37 heavy (non-hydrogen) atoms. The molecule has 0 radical (unpaired) electrons. The summed E-state index contributed by atoms with van der Waals surface area (Å²) >= 11 is 0. The summed E-state index contributed by atoms with van der Waals surface area (Å²) in [7, 11) is -4.66. The first-order chi connectivity index (χ1) is 17.7. The number of phosphoric ester groups is 1. The fourth-order valence-electron chi connectivity index (χ4n) is 4.53. The van der Waals surface area contributed by atoms with Crippen LogP contribution in [0.3, 0.4) is 0 Å². The maximum absolute atomic E-state index is 11.3. The second kappa shape index (κ2) is 12.0. The molecule has 4 rings (SSSR count). The predicted octanol–water partition coefficient (Wildman–Crippen LogP) is 4.33. The topological polar surface area (TPSA) is 141 Å². The number of nitrogens with one attached hydrogen (secondary N) is 1. The summed E-state index contributed by atoms with van der Waals surface area (Å²) in [4.78, 5) is 22.4. The van der Waals surface area contributed by atoms with Gasteiger partial charge in [0.25, 0.3) is 0 Å². The van der Waals surface area contributed by atoms with Crippen LogP contribution < -0.4 is 5.32 Å². The van der Waals surface area contributed by atoms with E-state index >= 15 is 0 Å². The lowest BCUT2D eigenvalue weighted by molar-refractivity contribution is 0.164. The summed E-state index contributed by atoms with van der Waals surface area (Å²) in [6.45, 7) is 1.69. The van der Waals surface area contributed by atoms with Crippen LogP contribution in [0.25, 0.3) is 17.2 Å². The quantitative estimate of drug-likeness (QED) is 0.216. The first-order valence-electron chi connectivity index (χ1n) is 12.1. The number of aliphatic hydroxyl groups excluding tert-OH is 1. The molecular weight excluding hydrogens is 491 g/mol. The van der Waals surface area contributed by atoms with Gasteiger partial charge in [0, 0.05) is 18.4 Å². The second-order valence-electron chi connectivity index (χ2n) is 9.23. The first kappa shape index (κ1) is 27.0. The van der Waals surface area contributed by atoms with Crippen LogP contribution in [-0.4, -0.2) is 43.6 Å². The van der Waals surface area contributed by atoms with E-state index in [9.17, 15) is 9.67 Å². The third-order valence-corrected chi connectivity index (χ3v) is 7.07. The Morgan fingerprint density at radius 3 is 2.43 bits per heavy atom. The molecule has 1 aliphatic rings. The van der Waals surface area contributed by atoms with Gasteiger partial charge < -0.3 is 24.8 Å². The van der Waals surface area contributed by atoms with Gasteiger partial charge in [-0.15, -0.1) is 0 Å². The van der Waals surface area contributed by atoms with E-state index in [0.29, 0.717) is 24.3 Å². The van der Waals surface area contributed by atoms with Crippen molar-refractivity contribution in [1.29, 1.82) is 5.26 Å². The average molecular weight is 523 g/mol. The zero-order valence-corrected chi connectivity index (χ0v) is 21.4. The molecule has 0 aliphatic heterocycles. The van der Waals surface area contributed by atoms with Crippen LogP contribution in [0, 0.1) is 11.3 Å². The lowest BCUT2D eigenvalue weighted by atomic mass is 9.75. The normalized spacial score (nSPS) is 19.3. The number of phosphoric acid groups is 1. The lowest BCUT2D eigenvalue weighted by Gasteiger charge is -2.36. The van der Waals surface area contributed by atoms with Crippen LogP contribution in [0.5, 0.6) is 0 Å². The standard InChI is InChI=1S/C27H31N4O5P/c1-19(32)27-30-14-15-31(27)26(18-36-37(33,34)35)11-4-20-2-5-21(6-3-20)22-7-9-23(10-8-22)24-16-25(17-24)29-13-12-28/h2-11,14-15,19,24-26,29,32H,13,16-18H2,1H3,(H2,33,34,35)/b11-4+/t19-,24?,25?,26-/m0/s1. The SMILES string of the molecule is C[C@H](O)c1nccn1[C@@H](/C=C/c1ccc(-c2ccc(C3CC(NCC#N)C3)cc2)cc1)COP(=O)(O)O. The minimum atomic E-state index is -4.66. The van der Waals surface area contributed by atoms with Gasteiger partial charge >= 0.3 is 7.82 Å². The van der Waals surface area contributed by atoms with Crippen molar-refractivity contribution in [3.05, 3.63) is 84.0 Å². The zero-order chi connectivity index (χ0) is 26.4. The molecule has 0 saturated heterocycles. The van der Waals surface area contributed by atoms with Crippen LogP contribution >= 0.6 is 7.82 Å². The van der Waals surface area contributed by atoms with Crippen molar-refractivity contribution >= 4 is 13.9 Å². The van der Waals surface area contributed by atoms with Crippen LogP contribution in [0.2, 0.25) is 0 Å². The zero-order valence-electron chi connectivity index (χ0n) is 20.5. The molecule has 2 atom stereocenters. The average Bonchev–Trinajstić information content (AvgIpc) is 3.34. The van der Waals surface area contributed by atoms with Gasteiger partial charge in [-0.25, -0.2) is 9.55 Å². The Labute approximate surface area is 216 Å². The summed E-state index contributed by atoms with van der Waals surface area (Å²) in [5, 5.41) is 21.9. The van der Waals surface area contributed by atoms with Gasteiger partial charge in [0.15, 0.2) is 0 Å². The Morgan fingerprint density at radius 2 is 1.84 bits per heavy atom. The number of nitrogens with zero attached hydrogens (tertiary/aromatic N) is 3. The van der Waals surface area contributed by atoms with Crippen molar-refractivity contribution < 1.29 is 24.0 Å². The highest BCUT2D eigenvalue weighted by molar-refractivity contribution is 7.46. The maximum atomic E-state index is 11.3. The van der Waals surface area contributed by atoms with Gasteiger partial charge in [0.2, 0.25) is 0 Å². The highest BCUT2D eigenvalue weighted by Gasteiger charge is 2.29. The number of benzene rings is 2. The molecule has 0 spiro atoms. The van der Waals surface area contributed by atoms with Gasteiger partial charge in [0.05, 0.1) is 25.3 Å². The van der Waals surface area contributed by atoms with Crippen molar-refractivity contribution in [3.8, 4) is 17.2 Å². The van der Waals surface area contributed by atoms with E-state index in [0.717, 1.165) is 29.5 Å². The number of rotatable bonds is 11. The molecule has 4 N–H and O–H groups in total. The Kier molecular flexibility index (Phi) is 8.72. The van der Waals surface area contributed by atoms with Crippen LogP contribution in [0.1, 0.15) is 54.8 Å². The van der Waals surface area contributed by atoms with Gasteiger partial charge in [-0.05, 0) is 47.9 Å². The molecule has 0 bridgehead atoms. The molecule has 9 nitrogen and oxygen atoms in total. The molecular formula is C27H31N4O5P. The molecule has 0 unspecified atom stereocenters. The fourth-order valence-corrected chi connectivity index (χ4v) is 4.88. The van der Waals surface area contributed by atoms with E-state index < -0.39 is 20.0 Å². The number of hydrogen-bond donors (Lipinski definition) is 4. The van der Waals surface area contributed by atoms with Crippen molar-refractivity contribution in [2.24, 2.45) is 0 Å². The largest absolute Gasteiger partial charge is 0.469 e. The predicted molar refractivity (Wildman–Crippen MR) is 140 cm³/mol. The highest BCUT2D eigenvalue weighted by Crippen LogP contribution is 2.38. The van der Waals surface area contributed by atoms with Gasteiger partial charge in [-0.1, -0.05) is 60.7 Å². The Balaban J connectivity index is 1.42. The Hall–Kier alpha value is -3.09. The van der Waals surface area contributed by atoms with E-state index in [1.807, 2.05) is 30.3 Å². The van der Waals surface area contributed by atoms with E-state index in [1.54, 1.807) is 23.8 Å². The smallest absolute Gasteiger partial charge is 0.385 e. The van der Waals surface area contributed by atoms with E-state index in [-0.39, 0.29) is 6.61 Å². The molecule has 2 aromatic carbocycles. The molecule has 194 valence electrons. The maximum Gasteiger partial charge on any atom is 0.469 e. The third kappa shape index (κ3) is 7.24. The molecule has 3 aromatic rings. The van der Waals surface area contributed by atoms with Crippen molar-refractivity contribution in [2.45, 2.75) is 43.9 Å². The molecule has 1 saturated carbocycles. The molecule has 1 fully saturated rings. The first-order valence-corrected chi connectivity index (χ1v) is 13.7. The van der Waals surface area contributed by atoms with Crippen molar-refractivity contribution in [3.63, 3.8) is 0 Å². The Bertz CT molecular complexity index is 1290. The van der Waals surface area contributed by atoms with E-state index in [2.05, 4.69) is 40.6 Å². The minimum Gasteiger partial charge on any atom is -0.385 e. The minimum absolute atomic E-state index is 0.280. The van der Waals surface area contributed by atoms with Crippen LogP contribution in [0.15, 0.2) is 67.0 Å². The summed E-state index contributed by atoms with van der Waals surface area (Å²) in [5.41, 5.74) is 4.42. The summed E-state index contributed by atoms with van der Waals surface area (Å²) in [6.07, 6.45) is 8.04. The number of aromatic nitrogens is 2. The summed E-state index contributed by atoms with van der Waals surface area (Å²) in [5.74, 6) is 0.906. The van der Waals surface area contributed by atoms with Crippen LogP contribution in [0.4, 0.5) is 0 Å². The molecule has 1 aliphatic carbocycles. The molecule has 1 heterocycles. The monoisotopic (exact) mass is 522 g/mol. The van der Waals surface area contributed by atoms with Gasteiger partial charge in [-0.2, -0.15) is 5.26 Å². The Morgan fingerprint density at radius 1 is 1.19 bits per heavy atom. The highest BCUT2D eigenvalue weighted by atomic mass is 31.2. The fraction of sp³-hybridized carbons (Fsp3) is 0.333. The second-order valence-corrected chi connectivity index (χ2v) is 10.5. The molecule has 10 heteroatoms. The van der Waals surface area contributed by atoms with Crippen LogP contribution in [-0.2, 0) is 9.09 Å². The lowest BCUT2D eigenvalue weighted by Crippen LogP contribution is -2.40. The van der Waals surface area contributed by atoms with Gasteiger partial charge in [0.1, 0.15) is 11.9 Å². The van der Waals surface area contributed by atoms with Crippen molar-refractivity contribution in [2.75, 3.05) is 13.2 Å². The van der Waals surface area contributed by atoms with E-state index in [1.165, 1.54) is 11.8 Å².